The number of rotatable bonds is 4. The lowest BCUT2D eigenvalue weighted by atomic mass is 10.2. The van der Waals surface area contributed by atoms with E-state index in [1.54, 1.807) is 0 Å². The second-order valence-electron chi connectivity index (χ2n) is 2.89. The van der Waals surface area contributed by atoms with E-state index in [4.69, 9.17) is 5.11 Å². The highest BCUT2D eigenvalue weighted by Gasteiger charge is 2.13. The van der Waals surface area contributed by atoms with E-state index in [1.807, 2.05) is 0 Å². The summed E-state index contributed by atoms with van der Waals surface area (Å²) in [5, 5.41) is 22.3. The van der Waals surface area contributed by atoms with Gasteiger partial charge in [0.05, 0.1) is 12.0 Å². The second kappa shape index (κ2) is 4.96. The fraction of sp³-hybridized carbons (Fsp3) is 0.222. The number of benzene rings is 1. The molecule has 7 nitrogen and oxygen atoms in total. The van der Waals surface area contributed by atoms with Crippen molar-refractivity contribution < 1.29 is 19.6 Å². The molecule has 0 fully saturated rings. The Hall–Kier alpha value is -2.31. The Kier molecular flexibility index (Phi) is 3.65. The van der Waals surface area contributed by atoms with Crippen LogP contribution in [-0.2, 0) is 9.53 Å². The number of ether oxygens (including phenoxy) is 1. The van der Waals surface area contributed by atoms with Gasteiger partial charge in [-0.05, 0) is 12.1 Å². The zero-order valence-electron chi connectivity index (χ0n) is 8.47. The van der Waals surface area contributed by atoms with Gasteiger partial charge in [-0.15, -0.1) is 0 Å². The predicted octanol–water partition coefficient (Wildman–Crippen LogP) is 0.885. The highest BCUT2D eigenvalue weighted by atomic mass is 16.6. The first kappa shape index (κ1) is 11.8. The number of nitro benzene ring substituents is 1. The van der Waals surface area contributed by atoms with Crippen molar-refractivity contribution in [1.29, 1.82) is 0 Å². The van der Waals surface area contributed by atoms with Gasteiger partial charge in [0.25, 0.3) is 0 Å². The molecule has 86 valence electrons. The Bertz CT molecular complexity index is 418. The summed E-state index contributed by atoms with van der Waals surface area (Å²) in [6.45, 7) is -0.0988. The summed E-state index contributed by atoms with van der Waals surface area (Å²) in [6.07, 6.45) is 0. The summed E-state index contributed by atoms with van der Waals surface area (Å²) in [7, 11) is 1.24. The summed E-state index contributed by atoms with van der Waals surface area (Å²) >= 11 is 0. The monoisotopic (exact) mass is 226 g/mol. The van der Waals surface area contributed by atoms with Crippen molar-refractivity contribution in [3.63, 3.8) is 0 Å². The predicted molar refractivity (Wildman–Crippen MR) is 55.3 cm³/mol. The number of nitrogens with one attached hydrogen (secondary N) is 1. The lowest BCUT2D eigenvalue weighted by Crippen LogP contribution is -2.14. The molecule has 0 spiro atoms. The van der Waals surface area contributed by atoms with E-state index in [-0.39, 0.29) is 6.54 Å². The van der Waals surface area contributed by atoms with Crippen LogP contribution in [0.15, 0.2) is 18.2 Å². The highest BCUT2D eigenvalue weighted by Crippen LogP contribution is 2.28. The van der Waals surface area contributed by atoms with E-state index in [0.717, 1.165) is 6.07 Å². The molecule has 1 aromatic rings. The average molecular weight is 226 g/mol. The largest absolute Gasteiger partial charge is 0.502 e. The number of nitrogens with zero attached hydrogens (tertiary/aromatic N) is 1. The second-order valence-corrected chi connectivity index (χ2v) is 2.89. The maximum absolute atomic E-state index is 10.8. The van der Waals surface area contributed by atoms with Crippen LogP contribution in [0.4, 0.5) is 11.4 Å². The minimum atomic E-state index is -0.710. The van der Waals surface area contributed by atoms with Gasteiger partial charge in [-0.25, -0.2) is 0 Å². The van der Waals surface area contributed by atoms with Gasteiger partial charge in [0.2, 0.25) is 0 Å². The van der Waals surface area contributed by atoms with Crippen molar-refractivity contribution in [2.75, 3.05) is 19.0 Å². The number of phenolic OH excluding ortho intramolecular Hbond substituents is 1. The molecule has 0 heterocycles. The third-order valence-electron chi connectivity index (χ3n) is 1.84. The van der Waals surface area contributed by atoms with Crippen molar-refractivity contribution >= 4 is 17.3 Å². The molecule has 0 amide bonds. The van der Waals surface area contributed by atoms with Gasteiger partial charge in [0.15, 0.2) is 5.75 Å². The summed E-state index contributed by atoms with van der Waals surface area (Å²) in [5.41, 5.74) is -0.0650. The van der Waals surface area contributed by atoms with E-state index in [0.29, 0.717) is 5.69 Å². The minimum Gasteiger partial charge on any atom is -0.502 e. The van der Waals surface area contributed by atoms with E-state index in [2.05, 4.69) is 10.1 Å². The third-order valence-corrected chi connectivity index (χ3v) is 1.84. The van der Waals surface area contributed by atoms with E-state index in [1.165, 1.54) is 19.2 Å². The first-order valence-corrected chi connectivity index (χ1v) is 4.32. The summed E-state index contributed by atoms with van der Waals surface area (Å²) in [6, 6.07) is 3.74. The molecule has 0 aliphatic carbocycles. The highest BCUT2D eigenvalue weighted by molar-refractivity contribution is 5.75. The normalized spacial score (nSPS) is 9.56. The third kappa shape index (κ3) is 2.84. The number of hydrogen-bond donors (Lipinski definition) is 2. The minimum absolute atomic E-state index is 0.0988. The number of methoxy groups -OCH3 is 1. The van der Waals surface area contributed by atoms with Gasteiger partial charge < -0.3 is 15.2 Å². The van der Waals surface area contributed by atoms with Gasteiger partial charge in [-0.2, -0.15) is 0 Å². The Morgan fingerprint density at radius 1 is 1.62 bits per heavy atom. The lowest BCUT2D eigenvalue weighted by molar-refractivity contribution is -0.385. The number of phenols is 1. The van der Waals surface area contributed by atoms with Crippen molar-refractivity contribution in [2.24, 2.45) is 0 Å². The van der Waals surface area contributed by atoms with Gasteiger partial charge in [0, 0.05) is 11.8 Å². The summed E-state index contributed by atoms with van der Waals surface area (Å²) in [4.78, 5) is 20.6. The summed E-state index contributed by atoms with van der Waals surface area (Å²) < 4.78 is 4.39. The van der Waals surface area contributed by atoms with E-state index in [9.17, 15) is 14.9 Å². The van der Waals surface area contributed by atoms with Crippen molar-refractivity contribution in [1.82, 2.24) is 0 Å². The van der Waals surface area contributed by atoms with Crippen LogP contribution in [0.25, 0.3) is 0 Å². The smallest absolute Gasteiger partial charge is 0.325 e. The molecule has 0 saturated heterocycles. The Morgan fingerprint density at radius 2 is 2.31 bits per heavy atom. The molecule has 0 bridgehead atoms. The number of esters is 1. The standard InChI is InChI=1S/C9H10N2O5/c1-16-9(13)5-10-6-2-3-8(12)7(4-6)11(14)15/h2-4,10,12H,5H2,1H3. The number of aromatic hydroxyl groups is 1. The van der Waals surface area contributed by atoms with Crippen LogP contribution < -0.4 is 5.32 Å². The van der Waals surface area contributed by atoms with Crippen molar-refractivity contribution in [3.8, 4) is 5.75 Å². The fourth-order valence-corrected chi connectivity index (χ4v) is 1.03. The van der Waals surface area contributed by atoms with E-state index < -0.39 is 22.3 Å². The summed E-state index contributed by atoms with van der Waals surface area (Å²) in [5.74, 6) is -0.913. The molecule has 0 radical (unpaired) electrons. The zero-order valence-corrected chi connectivity index (χ0v) is 8.47. The first-order valence-electron chi connectivity index (χ1n) is 4.32. The van der Waals surface area contributed by atoms with Crippen molar-refractivity contribution in [2.45, 2.75) is 0 Å². The van der Waals surface area contributed by atoms with Crippen LogP contribution in [0.3, 0.4) is 0 Å². The number of anilines is 1. The van der Waals surface area contributed by atoms with Crippen LogP contribution in [0, 0.1) is 10.1 Å². The van der Waals surface area contributed by atoms with E-state index >= 15 is 0 Å². The molecular weight excluding hydrogens is 216 g/mol. The molecule has 0 unspecified atom stereocenters. The van der Waals surface area contributed by atoms with Crippen LogP contribution in [0.5, 0.6) is 5.75 Å². The number of hydrogen-bond acceptors (Lipinski definition) is 6. The van der Waals surface area contributed by atoms with Gasteiger partial charge >= 0.3 is 11.7 Å². The molecule has 16 heavy (non-hydrogen) atoms. The number of carbonyl (C=O) groups is 1. The van der Waals surface area contributed by atoms with Gasteiger partial charge in [-0.3, -0.25) is 14.9 Å². The fourth-order valence-electron chi connectivity index (χ4n) is 1.03. The number of carbonyl (C=O) groups excluding carboxylic acids is 1. The Balaban J connectivity index is 2.79. The average Bonchev–Trinajstić information content (AvgIpc) is 2.27. The first-order chi connectivity index (χ1) is 7.54. The SMILES string of the molecule is COC(=O)CNc1ccc(O)c([N+](=O)[O-])c1. The van der Waals surface area contributed by atoms with Crippen LogP contribution in [0.2, 0.25) is 0 Å². The maximum atomic E-state index is 10.8. The molecule has 0 aliphatic rings. The van der Waals surface area contributed by atoms with Crippen LogP contribution in [-0.4, -0.2) is 29.7 Å². The van der Waals surface area contributed by atoms with Crippen molar-refractivity contribution in [3.05, 3.63) is 28.3 Å². The molecule has 0 aliphatic heterocycles. The van der Waals surface area contributed by atoms with Crippen LogP contribution >= 0.6 is 0 Å². The lowest BCUT2D eigenvalue weighted by Gasteiger charge is -2.05. The van der Waals surface area contributed by atoms with Gasteiger partial charge in [0.1, 0.15) is 6.54 Å². The molecule has 1 aromatic carbocycles. The molecule has 0 saturated carbocycles. The van der Waals surface area contributed by atoms with Gasteiger partial charge in [-0.1, -0.05) is 0 Å². The molecule has 2 N–H and O–H groups in total. The maximum Gasteiger partial charge on any atom is 0.325 e. The molecule has 7 heteroatoms. The number of nitro groups is 1. The molecular formula is C9H10N2O5. The van der Waals surface area contributed by atoms with Crippen LogP contribution in [0.1, 0.15) is 0 Å². The zero-order chi connectivity index (χ0) is 12.1. The Labute approximate surface area is 90.8 Å². The molecule has 0 atom stereocenters. The molecule has 0 aromatic heterocycles. The topological polar surface area (TPSA) is 102 Å². The Morgan fingerprint density at radius 3 is 2.88 bits per heavy atom. The molecule has 1 rings (SSSR count). The quantitative estimate of drug-likeness (QED) is 0.342.